The molecule has 0 saturated carbocycles. The molecule has 0 unspecified atom stereocenters. The van der Waals surface area contributed by atoms with Crippen LogP contribution in [0, 0.1) is 0 Å². The number of benzene rings is 3. The molecule has 37 heavy (non-hydrogen) atoms. The molecule has 0 atom stereocenters. The second kappa shape index (κ2) is 9.34. The van der Waals surface area contributed by atoms with E-state index in [0.29, 0.717) is 64.7 Å². The van der Waals surface area contributed by atoms with Gasteiger partial charge in [-0.2, -0.15) is 0 Å². The van der Waals surface area contributed by atoms with Crippen molar-refractivity contribution in [2.75, 3.05) is 26.2 Å². The second-order valence-electron chi connectivity index (χ2n) is 8.73. The first kappa shape index (κ1) is 25.0. The number of nitrogens with zero attached hydrogens (tertiary/aromatic N) is 2. The van der Waals surface area contributed by atoms with E-state index in [2.05, 4.69) is 0 Å². The molecule has 2 aliphatic heterocycles. The molecule has 194 valence electrons. The quantitative estimate of drug-likeness (QED) is 0.400. The minimum atomic E-state index is -5.37. The van der Waals surface area contributed by atoms with Gasteiger partial charge in [-0.05, 0) is 0 Å². The first-order valence-corrected chi connectivity index (χ1v) is 16.6. The molecule has 8 nitrogen and oxygen atoms in total. The van der Waals surface area contributed by atoms with Gasteiger partial charge < -0.3 is 0 Å². The Morgan fingerprint density at radius 3 is 1.43 bits per heavy atom. The van der Waals surface area contributed by atoms with Crippen LogP contribution in [-0.2, 0) is 0 Å². The molecule has 0 N–H and O–H groups in total. The van der Waals surface area contributed by atoms with E-state index in [9.17, 15) is 9.59 Å². The number of amides is 2. The van der Waals surface area contributed by atoms with Crippen LogP contribution in [-0.4, -0.2) is 61.6 Å². The van der Waals surface area contributed by atoms with Gasteiger partial charge in [0.1, 0.15) is 0 Å². The van der Waals surface area contributed by atoms with Crippen molar-refractivity contribution in [2.45, 2.75) is 27.7 Å². The Morgan fingerprint density at radius 1 is 0.595 bits per heavy atom. The second-order valence-corrected chi connectivity index (χ2v) is 14.8. The van der Waals surface area contributed by atoms with Crippen molar-refractivity contribution in [2.24, 2.45) is 0 Å². The molecule has 3 aromatic carbocycles. The summed E-state index contributed by atoms with van der Waals surface area (Å²) in [5, 5.41) is 0. The van der Waals surface area contributed by atoms with Crippen molar-refractivity contribution in [1.82, 2.24) is 9.80 Å². The zero-order valence-corrected chi connectivity index (χ0v) is 23.3. The zero-order valence-electron chi connectivity index (χ0n) is 21.5. The first-order valence-electron chi connectivity index (χ1n) is 12.6. The number of hydrogen-bond donors (Lipinski definition) is 0. The zero-order chi connectivity index (χ0) is 26.2. The topological polar surface area (TPSA) is 77.5 Å². The van der Waals surface area contributed by atoms with Gasteiger partial charge in [-0.3, -0.25) is 0 Å². The summed E-state index contributed by atoms with van der Waals surface area (Å²) in [4.78, 5) is 30.2. The van der Waals surface area contributed by atoms with E-state index >= 15 is 0 Å². The summed E-state index contributed by atoms with van der Waals surface area (Å²) in [6.45, 7) is 9.95. The standard InChI is InChI=1S/C28H31AsN2O6/c1-5-30(6-2)27(32)21-16-12-18-23-25(21)36-29(34-23,20-14-10-9-11-15-20)35-24-19-13-17-22(26(24)37-29)28(33)31(7-3)8-4/h9-19H,5-8H2,1-4H3. The first-order chi connectivity index (χ1) is 17.9. The third-order valence-electron chi connectivity index (χ3n) is 6.71. The number of carbonyl (C=O) groups excluding carboxylic acids is 2. The van der Waals surface area contributed by atoms with Gasteiger partial charge in [-0.25, -0.2) is 0 Å². The average Bonchev–Trinajstić information content (AvgIpc) is 3.45. The number of carbonyl (C=O) groups is 2. The maximum atomic E-state index is 13.4. The van der Waals surface area contributed by atoms with Crippen LogP contribution in [0.25, 0.3) is 0 Å². The number of hydrogen-bond acceptors (Lipinski definition) is 6. The van der Waals surface area contributed by atoms with Gasteiger partial charge in [0.2, 0.25) is 0 Å². The van der Waals surface area contributed by atoms with Gasteiger partial charge in [0.15, 0.2) is 0 Å². The van der Waals surface area contributed by atoms with E-state index in [1.807, 2.05) is 58.0 Å². The van der Waals surface area contributed by atoms with E-state index in [-0.39, 0.29) is 11.8 Å². The predicted molar refractivity (Wildman–Crippen MR) is 142 cm³/mol. The Kier molecular flexibility index (Phi) is 6.32. The predicted octanol–water partition coefficient (Wildman–Crippen LogP) is 4.19. The molecular formula is C28H31AsN2O6. The van der Waals surface area contributed by atoms with E-state index in [0.717, 1.165) is 0 Å². The summed E-state index contributed by atoms with van der Waals surface area (Å²) in [6.07, 6.45) is 0. The van der Waals surface area contributed by atoms with Crippen LogP contribution in [0.3, 0.4) is 0 Å². The van der Waals surface area contributed by atoms with Gasteiger partial charge in [0, 0.05) is 0 Å². The Balaban J connectivity index is 1.66. The van der Waals surface area contributed by atoms with E-state index in [4.69, 9.17) is 14.9 Å². The Morgan fingerprint density at radius 2 is 1.03 bits per heavy atom. The summed E-state index contributed by atoms with van der Waals surface area (Å²) in [6, 6.07) is 19.7. The SMILES string of the molecule is CCN(CC)C(=O)c1cccc2c1O[As]1(c3ccccc3)(O2)Oc2cccc(C(=O)N(CC)CC)c2O1. The Hall–Kier alpha value is -3.64. The molecule has 0 aliphatic carbocycles. The molecule has 0 radical (unpaired) electrons. The van der Waals surface area contributed by atoms with Gasteiger partial charge in [0.05, 0.1) is 0 Å². The number of fused-ring (bicyclic) bond motifs is 2. The molecule has 2 heterocycles. The van der Waals surface area contributed by atoms with Gasteiger partial charge in [-0.1, -0.05) is 0 Å². The average molecular weight is 566 g/mol. The third-order valence-corrected chi connectivity index (χ3v) is 13.3. The van der Waals surface area contributed by atoms with Crippen molar-refractivity contribution in [3.63, 3.8) is 0 Å². The molecule has 3 aromatic rings. The summed E-state index contributed by atoms with van der Waals surface area (Å²) >= 11 is -5.37. The Bertz CT molecular complexity index is 1270. The molecule has 0 fully saturated rings. The summed E-state index contributed by atoms with van der Waals surface area (Å²) in [5.41, 5.74) is 0.749. The van der Waals surface area contributed by atoms with E-state index in [1.54, 1.807) is 46.2 Å². The molecule has 0 bridgehead atoms. The molecule has 2 aliphatic rings. The normalized spacial score (nSPS) is 16.6. The van der Waals surface area contributed by atoms with Crippen molar-refractivity contribution < 1.29 is 24.5 Å². The van der Waals surface area contributed by atoms with Crippen LogP contribution in [0.2, 0.25) is 0 Å². The third kappa shape index (κ3) is 3.82. The molecule has 0 aromatic heterocycles. The van der Waals surface area contributed by atoms with E-state index in [1.165, 1.54) is 0 Å². The van der Waals surface area contributed by atoms with Crippen LogP contribution in [0.15, 0.2) is 66.7 Å². The molecular weight excluding hydrogens is 535 g/mol. The van der Waals surface area contributed by atoms with Crippen LogP contribution in [0.5, 0.6) is 23.0 Å². The summed E-state index contributed by atoms with van der Waals surface area (Å²) in [7, 11) is 0. The van der Waals surface area contributed by atoms with Crippen LogP contribution < -0.4 is 19.3 Å². The monoisotopic (exact) mass is 566 g/mol. The van der Waals surface area contributed by atoms with Crippen molar-refractivity contribution in [3.05, 3.63) is 77.9 Å². The van der Waals surface area contributed by atoms with Gasteiger partial charge >= 0.3 is 219 Å². The maximum absolute atomic E-state index is 13.4. The van der Waals surface area contributed by atoms with Gasteiger partial charge in [0.25, 0.3) is 0 Å². The summed E-state index contributed by atoms with van der Waals surface area (Å²) in [5.74, 6) is 0.992. The molecule has 5 rings (SSSR count). The minimum absolute atomic E-state index is 0.167. The fourth-order valence-corrected chi connectivity index (χ4v) is 11.6. The molecule has 2 amide bonds. The molecule has 1 spiro atoms. The van der Waals surface area contributed by atoms with Gasteiger partial charge in [-0.15, -0.1) is 0 Å². The number of para-hydroxylation sites is 2. The van der Waals surface area contributed by atoms with Crippen LogP contribution in [0.4, 0.5) is 0 Å². The van der Waals surface area contributed by atoms with Crippen molar-refractivity contribution in [1.29, 1.82) is 0 Å². The fourth-order valence-electron chi connectivity index (χ4n) is 4.71. The van der Waals surface area contributed by atoms with Crippen molar-refractivity contribution in [3.8, 4) is 23.0 Å². The fraction of sp³-hybridized carbons (Fsp3) is 0.286. The number of rotatable bonds is 7. The molecule has 9 heteroatoms. The van der Waals surface area contributed by atoms with Crippen molar-refractivity contribution >= 4 is 30.0 Å². The van der Waals surface area contributed by atoms with Crippen LogP contribution in [0.1, 0.15) is 48.4 Å². The molecule has 0 saturated heterocycles. The van der Waals surface area contributed by atoms with E-state index < -0.39 is 13.8 Å². The summed E-state index contributed by atoms with van der Waals surface area (Å²) < 4.78 is 27.2. The van der Waals surface area contributed by atoms with Crippen LogP contribution >= 0.6 is 0 Å². The Labute approximate surface area is 218 Å².